The molecule has 10 heteroatoms. The van der Waals surface area contributed by atoms with Gasteiger partial charge in [-0.3, -0.25) is 4.79 Å². The number of hydrogen-bond acceptors (Lipinski definition) is 6. The Morgan fingerprint density at radius 2 is 1.81 bits per heavy atom. The molecule has 0 spiro atoms. The molecule has 1 N–H and O–H groups in total. The van der Waals surface area contributed by atoms with Crippen LogP contribution in [0.2, 0.25) is 0 Å². The van der Waals surface area contributed by atoms with Gasteiger partial charge in [-0.05, 0) is 24.6 Å². The molecule has 0 aliphatic rings. The maximum absolute atomic E-state index is 13.1. The van der Waals surface area contributed by atoms with E-state index in [-0.39, 0.29) is 30.2 Å². The van der Waals surface area contributed by atoms with E-state index in [1.165, 1.54) is 33.4 Å². The van der Waals surface area contributed by atoms with Gasteiger partial charge in [0.25, 0.3) is 5.91 Å². The Bertz CT molecular complexity index is 1000. The van der Waals surface area contributed by atoms with Crippen molar-refractivity contribution in [1.82, 2.24) is 5.32 Å². The SMILES string of the molecule is CNC(=O)/C(=N/OC)c1cccc(C)c1CO/N=C(\COC)c1cccc(C(F)(F)F)c1. The molecule has 1 amide bonds. The summed E-state index contributed by atoms with van der Waals surface area (Å²) in [5.41, 5.74) is 1.56. The van der Waals surface area contributed by atoms with E-state index in [1.807, 2.05) is 13.0 Å². The summed E-state index contributed by atoms with van der Waals surface area (Å²) in [6.07, 6.45) is -4.48. The van der Waals surface area contributed by atoms with E-state index in [1.54, 1.807) is 12.1 Å². The van der Waals surface area contributed by atoms with E-state index in [2.05, 4.69) is 15.6 Å². The van der Waals surface area contributed by atoms with Crippen LogP contribution in [0.15, 0.2) is 52.8 Å². The molecule has 0 atom stereocenters. The second-order valence-corrected chi connectivity index (χ2v) is 6.63. The van der Waals surface area contributed by atoms with Gasteiger partial charge in [0.15, 0.2) is 5.71 Å². The van der Waals surface area contributed by atoms with Gasteiger partial charge in [0, 0.05) is 30.8 Å². The Morgan fingerprint density at radius 3 is 2.44 bits per heavy atom. The molecule has 0 aliphatic carbocycles. The minimum Gasteiger partial charge on any atom is -0.398 e. The summed E-state index contributed by atoms with van der Waals surface area (Å²) in [7, 11) is 4.20. The van der Waals surface area contributed by atoms with E-state index in [0.717, 1.165) is 17.7 Å². The highest BCUT2D eigenvalue weighted by Gasteiger charge is 2.30. The number of methoxy groups -OCH3 is 1. The van der Waals surface area contributed by atoms with Gasteiger partial charge in [0.1, 0.15) is 19.4 Å². The maximum Gasteiger partial charge on any atom is 0.416 e. The number of carbonyl (C=O) groups excluding carboxylic acids is 1. The lowest BCUT2D eigenvalue weighted by atomic mass is 9.98. The Kier molecular flexibility index (Phi) is 8.77. The molecule has 0 aromatic heterocycles. The molecule has 0 heterocycles. The van der Waals surface area contributed by atoms with Crippen LogP contribution in [0.5, 0.6) is 0 Å². The first-order valence-electron chi connectivity index (χ1n) is 9.50. The van der Waals surface area contributed by atoms with Crippen LogP contribution in [0.1, 0.15) is 27.8 Å². The van der Waals surface area contributed by atoms with Crippen LogP contribution in [-0.2, 0) is 32.0 Å². The lowest BCUT2D eigenvalue weighted by Crippen LogP contribution is -2.29. The Morgan fingerprint density at radius 1 is 1.09 bits per heavy atom. The third kappa shape index (κ3) is 6.30. The molecule has 2 rings (SSSR count). The largest absolute Gasteiger partial charge is 0.416 e. The molecule has 2 aromatic carbocycles. The minimum atomic E-state index is -4.48. The van der Waals surface area contributed by atoms with Crippen LogP contribution < -0.4 is 5.32 Å². The van der Waals surface area contributed by atoms with E-state index in [9.17, 15) is 18.0 Å². The van der Waals surface area contributed by atoms with Gasteiger partial charge in [0.2, 0.25) is 0 Å². The van der Waals surface area contributed by atoms with E-state index >= 15 is 0 Å². The van der Waals surface area contributed by atoms with Crippen molar-refractivity contribution in [2.24, 2.45) is 10.3 Å². The van der Waals surface area contributed by atoms with Crippen LogP contribution in [0.3, 0.4) is 0 Å². The molecule has 0 fully saturated rings. The summed E-state index contributed by atoms with van der Waals surface area (Å²) in [6.45, 7) is 1.70. The summed E-state index contributed by atoms with van der Waals surface area (Å²) in [5.74, 6) is -0.453. The number of ether oxygens (including phenoxy) is 1. The number of amides is 1. The van der Waals surface area contributed by atoms with Gasteiger partial charge >= 0.3 is 6.18 Å². The van der Waals surface area contributed by atoms with Crippen molar-refractivity contribution in [2.75, 3.05) is 27.9 Å². The lowest BCUT2D eigenvalue weighted by molar-refractivity contribution is -0.137. The third-order valence-corrected chi connectivity index (χ3v) is 4.48. The van der Waals surface area contributed by atoms with Crippen LogP contribution in [-0.4, -0.2) is 45.2 Å². The normalized spacial score (nSPS) is 12.5. The summed E-state index contributed by atoms with van der Waals surface area (Å²) < 4.78 is 44.2. The fraction of sp³-hybridized carbons (Fsp3) is 0.318. The maximum atomic E-state index is 13.1. The number of nitrogens with zero attached hydrogens (tertiary/aromatic N) is 2. The van der Waals surface area contributed by atoms with Crippen molar-refractivity contribution in [1.29, 1.82) is 0 Å². The molecule has 32 heavy (non-hydrogen) atoms. The topological polar surface area (TPSA) is 81.5 Å². The van der Waals surface area contributed by atoms with Gasteiger partial charge < -0.3 is 19.7 Å². The first kappa shape index (κ1) is 24.9. The molecule has 0 radical (unpaired) electrons. The van der Waals surface area contributed by atoms with Gasteiger partial charge in [-0.2, -0.15) is 13.2 Å². The van der Waals surface area contributed by atoms with Gasteiger partial charge in [-0.1, -0.05) is 40.6 Å². The van der Waals surface area contributed by atoms with Gasteiger partial charge in [0.05, 0.1) is 12.2 Å². The van der Waals surface area contributed by atoms with E-state index in [4.69, 9.17) is 14.4 Å². The summed E-state index contributed by atoms with van der Waals surface area (Å²) >= 11 is 0. The van der Waals surface area contributed by atoms with Crippen molar-refractivity contribution in [3.63, 3.8) is 0 Å². The monoisotopic (exact) mass is 451 g/mol. The average Bonchev–Trinajstić information content (AvgIpc) is 2.77. The molecule has 0 saturated carbocycles. The third-order valence-electron chi connectivity index (χ3n) is 4.48. The smallest absolute Gasteiger partial charge is 0.398 e. The molecule has 0 aliphatic heterocycles. The van der Waals surface area contributed by atoms with Crippen LogP contribution in [0, 0.1) is 6.92 Å². The fourth-order valence-corrected chi connectivity index (χ4v) is 2.89. The van der Waals surface area contributed by atoms with Crippen molar-refractivity contribution < 1.29 is 32.4 Å². The fourth-order valence-electron chi connectivity index (χ4n) is 2.89. The van der Waals surface area contributed by atoms with E-state index < -0.39 is 17.6 Å². The zero-order chi connectivity index (χ0) is 23.7. The van der Waals surface area contributed by atoms with E-state index in [0.29, 0.717) is 11.1 Å². The second-order valence-electron chi connectivity index (χ2n) is 6.63. The summed E-state index contributed by atoms with van der Waals surface area (Å²) in [5, 5.41) is 10.3. The highest BCUT2D eigenvalue weighted by atomic mass is 19.4. The molecule has 172 valence electrons. The first-order chi connectivity index (χ1) is 15.2. The summed E-state index contributed by atoms with van der Waals surface area (Å²) in [4.78, 5) is 22.5. The van der Waals surface area contributed by atoms with Crippen molar-refractivity contribution in [3.8, 4) is 0 Å². The zero-order valence-corrected chi connectivity index (χ0v) is 18.1. The number of oxime groups is 2. The predicted octanol–water partition coefficient (Wildman–Crippen LogP) is 3.68. The standard InChI is InChI=1S/C22H24F3N3O4/c1-14-7-5-10-17(20(28-31-4)21(29)26-2)18(14)12-32-27-19(13-30-3)15-8-6-9-16(11-15)22(23,24)25/h5-11H,12-13H2,1-4H3,(H,26,29)/b27-19+,28-20+. The number of alkyl halides is 3. The van der Waals surface area contributed by atoms with Crippen molar-refractivity contribution in [3.05, 3.63) is 70.3 Å². The number of halogens is 3. The minimum absolute atomic E-state index is 0.0521. The molecular formula is C22H24F3N3O4. The number of hydrogen-bond donors (Lipinski definition) is 1. The zero-order valence-electron chi connectivity index (χ0n) is 18.1. The molecule has 0 bridgehead atoms. The predicted molar refractivity (Wildman–Crippen MR) is 113 cm³/mol. The Hall–Kier alpha value is -3.40. The second kappa shape index (κ2) is 11.3. The molecule has 2 aromatic rings. The van der Waals surface area contributed by atoms with Crippen LogP contribution in [0.25, 0.3) is 0 Å². The van der Waals surface area contributed by atoms with Crippen molar-refractivity contribution >= 4 is 17.3 Å². The lowest BCUT2D eigenvalue weighted by Gasteiger charge is -2.14. The number of carbonyl (C=O) groups is 1. The molecular weight excluding hydrogens is 427 g/mol. The average molecular weight is 451 g/mol. The van der Waals surface area contributed by atoms with Gasteiger partial charge in [-0.15, -0.1) is 0 Å². The quantitative estimate of drug-likeness (QED) is 0.466. The number of nitrogens with one attached hydrogen (secondary N) is 1. The highest BCUT2D eigenvalue weighted by Crippen LogP contribution is 2.29. The molecule has 0 unspecified atom stereocenters. The number of aryl methyl sites for hydroxylation is 1. The highest BCUT2D eigenvalue weighted by molar-refractivity contribution is 6.45. The first-order valence-corrected chi connectivity index (χ1v) is 9.50. The van der Waals surface area contributed by atoms with Crippen LogP contribution in [0.4, 0.5) is 13.2 Å². The number of likely N-dealkylation sites (N-methyl/N-ethyl adjacent to an activating group) is 1. The number of rotatable bonds is 9. The molecule has 7 nitrogen and oxygen atoms in total. The van der Waals surface area contributed by atoms with Crippen LogP contribution >= 0.6 is 0 Å². The number of benzene rings is 2. The Labute approximate surface area is 183 Å². The summed E-state index contributed by atoms with van der Waals surface area (Å²) in [6, 6.07) is 10.0. The molecule has 0 saturated heterocycles. The van der Waals surface area contributed by atoms with Crippen molar-refractivity contribution in [2.45, 2.75) is 19.7 Å². The Balaban J connectivity index is 2.36. The van der Waals surface area contributed by atoms with Gasteiger partial charge in [-0.25, -0.2) is 0 Å².